The molecule has 0 radical (unpaired) electrons. The summed E-state index contributed by atoms with van der Waals surface area (Å²) in [4.78, 5) is 30.1. The van der Waals surface area contributed by atoms with Crippen LogP contribution in [0.25, 0.3) is 21.8 Å². The van der Waals surface area contributed by atoms with Crippen molar-refractivity contribution in [2.75, 3.05) is 13.7 Å². The van der Waals surface area contributed by atoms with Crippen LogP contribution in [0.2, 0.25) is 0 Å². The summed E-state index contributed by atoms with van der Waals surface area (Å²) >= 11 is 5.01. The predicted octanol–water partition coefficient (Wildman–Crippen LogP) is 7.13. The van der Waals surface area contributed by atoms with Crippen molar-refractivity contribution in [3.8, 4) is 39.1 Å². The Balaban J connectivity index is 1.70. The van der Waals surface area contributed by atoms with Crippen molar-refractivity contribution < 1.29 is 19.0 Å². The number of aromatic nitrogens is 2. The molecule has 9 heteroatoms. The minimum absolute atomic E-state index is 0.0378. The molecule has 5 rings (SSSR count). The third kappa shape index (κ3) is 5.00. The van der Waals surface area contributed by atoms with Gasteiger partial charge in [0.2, 0.25) is 0 Å². The minimum Gasteiger partial charge on any atom is -0.497 e. The maximum Gasteiger partial charge on any atom is 0.343 e. The normalized spacial score (nSPS) is 14.1. The Kier molecular flexibility index (Phi) is 7.40. The van der Waals surface area contributed by atoms with Crippen LogP contribution in [-0.2, 0) is 11.2 Å². The van der Waals surface area contributed by atoms with Crippen LogP contribution < -0.4 is 14.9 Å². The fraction of sp³-hybridized carbons (Fsp3) is 0.276. The molecule has 0 amide bonds. The summed E-state index contributed by atoms with van der Waals surface area (Å²) < 4.78 is 19.9. The molecule has 0 aliphatic carbocycles. The van der Waals surface area contributed by atoms with Crippen LogP contribution in [0.5, 0.6) is 17.2 Å². The van der Waals surface area contributed by atoms with Crippen LogP contribution in [0.1, 0.15) is 42.7 Å². The Hall–Kier alpha value is -3.43. The van der Waals surface area contributed by atoms with Gasteiger partial charge in [0, 0.05) is 29.9 Å². The topological polar surface area (TPSA) is 79.7 Å². The third-order valence-corrected chi connectivity index (χ3v) is 8.10. The zero-order chi connectivity index (χ0) is 27.0. The second kappa shape index (κ2) is 10.7. The van der Waals surface area contributed by atoms with Gasteiger partial charge in [0.1, 0.15) is 27.8 Å². The molecule has 1 unspecified atom stereocenters. The van der Waals surface area contributed by atoms with Gasteiger partial charge in [-0.3, -0.25) is 4.79 Å². The third-order valence-electron chi connectivity index (χ3n) is 6.59. The molecular formula is C29H27BrN2O5S. The number of ether oxygens (including phenoxy) is 3. The van der Waals surface area contributed by atoms with Gasteiger partial charge in [-0.15, -0.1) is 11.3 Å². The molecular weight excluding hydrogens is 568 g/mol. The van der Waals surface area contributed by atoms with Gasteiger partial charge in [0.25, 0.3) is 0 Å². The zero-order valence-corrected chi connectivity index (χ0v) is 23.9. The van der Waals surface area contributed by atoms with Crippen molar-refractivity contribution >= 4 is 33.2 Å². The zero-order valence-electron chi connectivity index (χ0n) is 21.5. The molecule has 1 atom stereocenters. The number of halogens is 1. The Bertz CT molecular complexity index is 1580. The van der Waals surface area contributed by atoms with E-state index < -0.39 is 5.97 Å². The first-order chi connectivity index (χ1) is 18.3. The number of carbonyl (C=O) groups is 1. The van der Waals surface area contributed by atoms with E-state index >= 15 is 0 Å². The number of esters is 1. The predicted molar refractivity (Wildman–Crippen MR) is 152 cm³/mol. The molecule has 2 aromatic carbocycles. The van der Waals surface area contributed by atoms with Crippen LogP contribution in [0.4, 0.5) is 0 Å². The molecule has 0 spiro atoms. The van der Waals surface area contributed by atoms with E-state index in [1.165, 1.54) is 11.3 Å². The molecule has 0 bridgehead atoms. The highest BCUT2D eigenvalue weighted by Gasteiger charge is 2.30. The number of rotatable bonds is 7. The van der Waals surface area contributed by atoms with Crippen LogP contribution in [0.3, 0.4) is 0 Å². The van der Waals surface area contributed by atoms with Crippen LogP contribution >= 0.6 is 27.3 Å². The van der Waals surface area contributed by atoms with Gasteiger partial charge in [-0.2, -0.15) is 0 Å². The summed E-state index contributed by atoms with van der Waals surface area (Å²) in [5, 5.41) is 0.778. The molecule has 7 nitrogen and oxygen atoms in total. The average Bonchev–Trinajstić information content (AvgIpc) is 3.33. The van der Waals surface area contributed by atoms with Gasteiger partial charge >= 0.3 is 5.97 Å². The molecule has 38 heavy (non-hydrogen) atoms. The fourth-order valence-corrected chi connectivity index (χ4v) is 5.96. The van der Waals surface area contributed by atoms with Crippen molar-refractivity contribution in [2.24, 2.45) is 5.92 Å². The number of benzene rings is 2. The molecule has 2 aromatic heterocycles. The first-order valence-corrected chi connectivity index (χ1v) is 13.9. The van der Waals surface area contributed by atoms with Crippen LogP contribution in [0.15, 0.2) is 63.4 Å². The SMILES string of the molecule is CCOC(=O)c1cn2c(cc1=O)-c1cc(-c3ncc(Br)s3)c(Oc3cccc(OC)c3)cc1CC2C(C)C. The Morgan fingerprint density at radius 1 is 1.18 bits per heavy atom. The standard InChI is InChI=1S/C29H27BrN2O5S/c1-5-36-29(34)22-15-32-23(16(2)3)9-17-10-26(37-19-8-6-7-18(11-19)35-4)21(28-31-14-27(30)38-28)12-20(17)24(32)13-25(22)33/h6-8,10-16,23H,5,9H2,1-4H3. The van der Waals surface area contributed by atoms with Crippen LogP contribution in [-0.4, -0.2) is 29.2 Å². The van der Waals surface area contributed by atoms with E-state index in [0.29, 0.717) is 23.7 Å². The van der Waals surface area contributed by atoms with E-state index in [1.54, 1.807) is 32.5 Å². The maximum atomic E-state index is 13.1. The highest BCUT2D eigenvalue weighted by atomic mass is 79.9. The first-order valence-electron chi connectivity index (χ1n) is 12.3. The van der Waals surface area contributed by atoms with Crippen LogP contribution in [0, 0.1) is 5.92 Å². The van der Waals surface area contributed by atoms with Gasteiger partial charge < -0.3 is 18.8 Å². The van der Waals surface area contributed by atoms with Gasteiger partial charge in [0.15, 0.2) is 5.43 Å². The summed E-state index contributed by atoms with van der Waals surface area (Å²) in [5.74, 6) is 1.66. The second-order valence-electron chi connectivity index (χ2n) is 9.34. The molecule has 0 N–H and O–H groups in total. The lowest BCUT2D eigenvalue weighted by atomic mass is 9.86. The number of methoxy groups -OCH3 is 1. The van der Waals surface area contributed by atoms with Crippen molar-refractivity contribution in [3.63, 3.8) is 0 Å². The lowest BCUT2D eigenvalue weighted by molar-refractivity contribution is 0.0523. The number of carbonyl (C=O) groups excluding carboxylic acids is 1. The fourth-order valence-electron chi connectivity index (χ4n) is 4.73. The quantitative estimate of drug-likeness (QED) is 0.212. The number of pyridine rings is 1. The van der Waals surface area contributed by atoms with E-state index in [4.69, 9.17) is 14.2 Å². The number of hydrogen-bond acceptors (Lipinski definition) is 7. The van der Waals surface area contributed by atoms with Crippen molar-refractivity contribution in [3.05, 3.63) is 80.0 Å². The van der Waals surface area contributed by atoms with E-state index in [1.807, 2.05) is 41.0 Å². The Morgan fingerprint density at radius 2 is 1.97 bits per heavy atom. The lowest BCUT2D eigenvalue weighted by Gasteiger charge is -2.34. The number of fused-ring (bicyclic) bond motifs is 3. The molecule has 0 fully saturated rings. The van der Waals surface area contributed by atoms with E-state index in [9.17, 15) is 9.59 Å². The molecule has 4 aromatic rings. The molecule has 3 heterocycles. The van der Waals surface area contributed by atoms with Gasteiger partial charge in [-0.05, 0) is 65.0 Å². The highest BCUT2D eigenvalue weighted by Crippen LogP contribution is 2.45. The molecule has 0 saturated heterocycles. The summed E-state index contributed by atoms with van der Waals surface area (Å²) in [5.41, 5.74) is 3.22. The lowest BCUT2D eigenvalue weighted by Crippen LogP contribution is -2.28. The maximum absolute atomic E-state index is 13.1. The second-order valence-corrected chi connectivity index (χ2v) is 11.7. The summed E-state index contributed by atoms with van der Waals surface area (Å²) in [6.45, 7) is 6.21. The molecule has 1 aliphatic rings. The summed E-state index contributed by atoms with van der Waals surface area (Å²) in [7, 11) is 1.62. The molecule has 196 valence electrons. The average molecular weight is 596 g/mol. The van der Waals surface area contributed by atoms with Crippen molar-refractivity contribution in [1.82, 2.24) is 9.55 Å². The monoisotopic (exact) mass is 594 g/mol. The number of hydrogen-bond donors (Lipinski definition) is 0. The molecule has 0 saturated carbocycles. The van der Waals surface area contributed by atoms with E-state index in [2.05, 4.69) is 34.8 Å². The summed E-state index contributed by atoms with van der Waals surface area (Å²) in [6.07, 6.45) is 4.12. The van der Waals surface area contributed by atoms with Crippen molar-refractivity contribution in [2.45, 2.75) is 33.2 Å². The smallest absolute Gasteiger partial charge is 0.343 e. The minimum atomic E-state index is -0.600. The Morgan fingerprint density at radius 3 is 2.66 bits per heavy atom. The first kappa shape index (κ1) is 26.2. The Labute approximate surface area is 233 Å². The number of nitrogens with zero attached hydrogens (tertiary/aromatic N) is 2. The van der Waals surface area contributed by atoms with E-state index in [0.717, 1.165) is 31.2 Å². The summed E-state index contributed by atoms with van der Waals surface area (Å²) in [6, 6.07) is 13.1. The van der Waals surface area contributed by atoms with Gasteiger partial charge in [-0.1, -0.05) is 19.9 Å². The highest BCUT2D eigenvalue weighted by molar-refractivity contribution is 9.11. The molecule has 1 aliphatic heterocycles. The van der Waals surface area contributed by atoms with Crippen molar-refractivity contribution in [1.29, 1.82) is 0 Å². The van der Waals surface area contributed by atoms with Gasteiger partial charge in [0.05, 0.1) is 35.0 Å². The largest absolute Gasteiger partial charge is 0.497 e. The number of thiazole rings is 1. The van der Waals surface area contributed by atoms with E-state index in [-0.39, 0.29) is 29.6 Å². The van der Waals surface area contributed by atoms with Gasteiger partial charge in [-0.25, -0.2) is 9.78 Å².